The Morgan fingerprint density at radius 2 is 2.08 bits per heavy atom. The summed E-state index contributed by atoms with van der Waals surface area (Å²) in [6.07, 6.45) is 0.304. The number of aromatic nitrogens is 2. The lowest BCUT2D eigenvalue weighted by Crippen LogP contribution is -2.30. The highest BCUT2D eigenvalue weighted by atomic mass is 32.2. The van der Waals surface area contributed by atoms with Crippen LogP contribution in [0.3, 0.4) is 0 Å². The third kappa shape index (κ3) is 6.02. The zero-order valence-electron chi connectivity index (χ0n) is 15.2. The summed E-state index contributed by atoms with van der Waals surface area (Å²) in [4.78, 5) is 6.52. The minimum absolute atomic E-state index is 0.188. The number of aryl methyl sites for hydroxylation is 1. The highest BCUT2D eigenvalue weighted by Crippen LogP contribution is 2.31. The first-order chi connectivity index (χ1) is 12.3. The predicted molar refractivity (Wildman–Crippen MR) is 98.1 cm³/mol. The standard InChI is InChI=1S/C18H24F3N3OS/c1-13(9-11-26-3)24(2)10-5-8-16-22-17(23-25-16)14-6-4-7-15(12-14)18(19,20)21/h4,6-7,12-13H,5,8-11H2,1-3H3. The molecule has 2 rings (SSSR count). The van der Waals surface area contributed by atoms with Gasteiger partial charge in [0, 0.05) is 18.0 Å². The van der Waals surface area contributed by atoms with Gasteiger partial charge in [-0.25, -0.2) is 0 Å². The third-order valence-corrected chi connectivity index (χ3v) is 4.95. The van der Waals surface area contributed by atoms with Crippen LogP contribution < -0.4 is 0 Å². The Hall–Kier alpha value is -1.54. The molecule has 1 heterocycles. The molecule has 0 aliphatic heterocycles. The van der Waals surface area contributed by atoms with E-state index in [1.807, 2.05) is 11.8 Å². The third-order valence-electron chi connectivity index (χ3n) is 4.31. The average Bonchev–Trinajstić information content (AvgIpc) is 3.08. The molecule has 8 heteroatoms. The smallest absolute Gasteiger partial charge is 0.339 e. The maximum absolute atomic E-state index is 12.8. The van der Waals surface area contributed by atoms with E-state index in [2.05, 4.69) is 35.3 Å². The Kier molecular flexibility index (Phi) is 7.52. The number of thioether (sulfide) groups is 1. The first kappa shape index (κ1) is 20.8. The molecular weight excluding hydrogens is 363 g/mol. The summed E-state index contributed by atoms with van der Waals surface area (Å²) in [5, 5.41) is 3.81. The summed E-state index contributed by atoms with van der Waals surface area (Å²) in [6.45, 7) is 3.10. The van der Waals surface area contributed by atoms with Crippen molar-refractivity contribution in [2.45, 2.75) is 38.4 Å². The van der Waals surface area contributed by atoms with Gasteiger partial charge in [-0.15, -0.1) is 0 Å². The molecule has 0 spiro atoms. The number of rotatable bonds is 9. The molecule has 1 aromatic carbocycles. The molecule has 0 aliphatic rings. The number of hydrogen-bond donors (Lipinski definition) is 0. The molecule has 0 bridgehead atoms. The van der Waals surface area contributed by atoms with Crippen LogP contribution in [0.25, 0.3) is 11.4 Å². The molecule has 2 aromatic rings. The summed E-state index contributed by atoms with van der Waals surface area (Å²) in [5.41, 5.74) is -0.417. The highest BCUT2D eigenvalue weighted by molar-refractivity contribution is 7.98. The van der Waals surface area contributed by atoms with Crippen LogP contribution in [0.15, 0.2) is 28.8 Å². The average molecular weight is 387 g/mol. The molecule has 0 saturated carbocycles. The summed E-state index contributed by atoms with van der Waals surface area (Å²) < 4.78 is 43.6. The molecule has 0 amide bonds. The van der Waals surface area contributed by atoms with Crippen molar-refractivity contribution in [1.82, 2.24) is 15.0 Å². The van der Waals surface area contributed by atoms with Crippen LogP contribution in [-0.4, -0.2) is 46.7 Å². The van der Waals surface area contributed by atoms with Crippen LogP contribution in [-0.2, 0) is 12.6 Å². The maximum atomic E-state index is 12.8. The molecule has 0 fully saturated rings. The molecule has 1 atom stereocenters. The fourth-order valence-electron chi connectivity index (χ4n) is 2.52. The van der Waals surface area contributed by atoms with Crippen LogP contribution in [0, 0.1) is 0 Å². The molecule has 0 aliphatic carbocycles. The molecule has 0 radical (unpaired) electrons. The van der Waals surface area contributed by atoms with E-state index < -0.39 is 11.7 Å². The molecule has 26 heavy (non-hydrogen) atoms. The van der Waals surface area contributed by atoms with Crippen LogP contribution in [0.1, 0.15) is 31.2 Å². The van der Waals surface area contributed by atoms with Gasteiger partial charge in [-0.05, 0) is 57.5 Å². The molecule has 0 saturated heterocycles. The van der Waals surface area contributed by atoms with Gasteiger partial charge in [0.2, 0.25) is 11.7 Å². The van der Waals surface area contributed by atoms with Crippen molar-refractivity contribution in [3.8, 4) is 11.4 Å². The van der Waals surface area contributed by atoms with E-state index in [1.165, 1.54) is 6.07 Å². The van der Waals surface area contributed by atoms with Gasteiger partial charge in [0.1, 0.15) is 0 Å². The molecule has 1 unspecified atom stereocenters. The van der Waals surface area contributed by atoms with Gasteiger partial charge in [-0.1, -0.05) is 17.3 Å². The van der Waals surface area contributed by atoms with Gasteiger partial charge < -0.3 is 9.42 Å². The fraction of sp³-hybridized carbons (Fsp3) is 0.556. The predicted octanol–water partition coefficient (Wildman–Crippen LogP) is 4.76. The zero-order valence-corrected chi connectivity index (χ0v) is 16.0. The van der Waals surface area contributed by atoms with Crippen molar-refractivity contribution in [3.63, 3.8) is 0 Å². The Labute approximate surface area is 156 Å². The second kappa shape index (κ2) is 9.41. The van der Waals surface area contributed by atoms with Gasteiger partial charge >= 0.3 is 6.18 Å². The van der Waals surface area contributed by atoms with E-state index in [9.17, 15) is 13.2 Å². The summed E-state index contributed by atoms with van der Waals surface area (Å²) in [6, 6.07) is 5.46. The van der Waals surface area contributed by atoms with E-state index >= 15 is 0 Å². The normalized spacial score (nSPS) is 13.3. The molecule has 4 nitrogen and oxygen atoms in total. The van der Waals surface area contributed by atoms with Crippen molar-refractivity contribution >= 4 is 11.8 Å². The SMILES string of the molecule is CSCCC(C)N(C)CCCc1nc(-c2cccc(C(F)(F)F)c2)no1. The lowest BCUT2D eigenvalue weighted by atomic mass is 10.1. The summed E-state index contributed by atoms with van der Waals surface area (Å²) in [5.74, 6) is 1.77. The Bertz CT molecular complexity index is 690. The van der Waals surface area contributed by atoms with E-state index in [0.29, 0.717) is 23.9 Å². The van der Waals surface area contributed by atoms with Gasteiger partial charge in [0.15, 0.2) is 0 Å². The molecular formula is C18H24F3N3OS. The maximum Gasteiger partial charge on any atom is 0.416 e. The van der Waals surface area contributed by atoms with Gasteiger partial charge in [-0.2, -0.15) is 29.9 Å². The number of nitrogens with zero attached hydrogens (tertiary/aromatic N) is 3. The van der Waals surface area contributed by atoms with Crippen LogP contribution in [0.2, 0.25) is 0 Å². The lowest BCUT2D eigenvalue weighted by Gasteiger charge is -2.24. The number of alkyl halides is 3. The van der Waals surface area contributed by atoms with E-state index in [0.717, 1.165) is 37.3 Å². The van der Waals surface area contributed by atoms with E-state index in [1.54, 1.807) is 6.07 Å². The zero-order chi connectivity index (χ0) is 19.2. The second-order valence-electron chi connectivity index (χ2n) is 6.30. The van der Waals surface area contributed by atoms with Gasteiger partial charge in [-0.3, -0.25) is 0 Å². The monoisotopic (exact) mass is 387 g/mol. The van der Waals surface area contributed by atoms with Crippen molar-refractivity contribution in [3.05, 3.63) is 35.7 Å². The first-order valence-electron chi connectivity index (χ1n) is 8.50. The minimum Gasteiger partial charge on any atom is -0.339 e. The fourth-order valence-corrected chi connectivity index (χ4v) is 3.09. The summed E-state index contributed by atoms with van der Waals surface area (Å²) in [7, 11) is 2.09. The summed E-state index contributed by atoms with van der Waals surface area (Å²) >= 11 is 1.84. The van der Waals surface area contributed by atoms with Crippen LogP contribution in [0.5, 0.6) is 0 Å². The first-order valence-corrected chi connectivity index (χ1v) is 9.90. The largest absolute Gasteiger partial charge is 0.416 e. The Balaban J connectivity index is 1.90. The van der Waals surface area contributed by atoms with Gasteiger partial charge in [0.05, 0.1) is 5.56 Å². The highest BCUT2D eigenvalue weighted by Gasteiger charge is 2.30. The van der Waals surface area contributed by atoms with E-state index in [-0.39, 0.29) is 5.82 Å². The van der Waals surface area contributed by atoms with Crippen LogP contribution in [0.4, 0.5) is 13.2 Å². The van der Waals surface area contributed by atoms with E-state index in [4.69, 9.17) is 4.52 Å². The van der Waals surface area contributed by atoms with Crippen molar-refractivity contribution in [2.24, 2.45) is 0 Å². The number of hydrogen-bond acceptors (Lipinski definition) is 5. The van der Waals surface area contributed by atoms with Crippen molar-refractivity contribution in [2.75, 3.05) is 25.6 Å². The number of benzene rings is 1. The van der Waals surface area contributed by atoms with Crippen molar-refractivity contribution < 1.29 is 17.7 Å². The topological polar surface area (TPSA) is 42.2 Å². The molecule has 1 aromatic heterocycles. The minimum atomic E-state index is -4.39. The molecule has 0 N–H and O–H groups in total. The molecule has 144 valence electrons. The van der Waals surface area contributed by atoms with Crippen LogP contribution >= 0.6 is 11.8 Å². The quantitative estimate of drug-likeness (QED) is 0.620. The Morgan fingerprint density at radius 3 is 2.77 bits per heavy atom. The number of halogens is 3. The van der Waals surface area contributed by atoms with Crippen molar-refractivity contribution in [1.29, 1.82) is 0 Å². The second-order valence-corrected chi connectivity index (χ2v) is 7.29. The van der Waals surface area contributed by atoms with Gasteiger partial charge in [0.25, 0.3) is 0 Å². The lowest BCUT2D eigenvalue weighted by molar-refractivity contribution is -0.137. The Morgan fingerprint density at radius 1 is 1.31 bits per heavy atom.